The lowest BCUT2D eigenvalue weighted by Gasteiger charge is -2.08. The normalized spacial score (nSPS) is 10.2. The number of halogens is 1. The van der Waals surface area contributed by atoms with Gasteiger partial charge in [-0.2, -0.15) is 0 Å². The van der Waals surface area contributed by atoms with E-state index < -0.39 is 0 Å². The lowest BCUT2D eigenvalue weighted by molar-refractivity contribution is 0.0950. The van der Waals surface area contributed by atoms with Crippen molar-refractivity contribution >= 4 is 34.7 Å². The molecule has 2 aromatic carbocycles. The fourth-order valence-electron chi connectivity index (χ4n) is 1.95. The van der Waals surface area contributed by atoms with Gasteiger partial charge in [-0.15, -0.1) is 0 Å². The zero-order valence-electron chi connectivity index (χ0n) is 11.5. The summed E-state index contributed by atoms with van der Waals surface area (Å²) in [5.41, 5.74) is 8.81. The van der Waals surface area contributed by atoms with E-state index in [-0.39, 0.29) is 5.91 Å². The van der Waals surface area contributed by atoms with Crippen molar-refractivity contribution in [2.75, 3.05) is 0 Å². The smallest absolute Gasteiger partial charge is 0.251 e. The van der Waals surface area contributed by atoms with Crippen molar-refractivity contribution in [2.45, 2.75) is 13.5 Å². The molecule has 2 rings (SSSR count). The summed E-state index contributed by atoms with van der Waals surface area (Å²) in [6.45, 7) is 2.30. The molecule has 0 bridgehead atoms. The number of carbonyl (C=O) groups is 1. The molecule has 0 spiro atoms. The van der Waals surface area contributed by atoms with Gasteiger partial charge in [0.15, 0.2) is 0 Å². The van der Waals surface area contributed by atoms with Gasteiger partial charge in [0, 0.05) is 22.7 Å². The molecule has 0 saturated carbocycles. The van der Waals surface area contributed by atoms with E-state index in [4.69, 9.17) is 29.6 Å². The second kappa shape index (κ2) is 6.70. The molecule has 0 radical (unpaired) electrons. The molecule has 1 amide bonds. The third-order valence-corrected chi connectivity index (χ3v) is 3.60. The van der Waals surface area contributed by atoms with Crippen molar-refractivity contribution < 1.29 is 4.79 Å². The minimum absolute atomic E-state index is 0.123. The van der Waals surface area contributed by atoms with E-state index in [2.05, 4.69) is 5.32 Å². The molecular formula is C16H15ClN2OS. The number of carbonyl (C=O) groups excluding carboxylic acids is 1. The van der Waals surface area contributed by atoms with Crippen molar-refractivity contribution in [3.63, 3.8) is 0 Å². The minimum Gasteiger partial charge on any atom is -0.389 e. The molecule has 0 heterocycles. The highest BCUT2D eigenvalue weighted by atomic mass is 35.5. The standard InChI is InChI=1S/C16H15ClN2OS/c1-10-8-13(17)6-7-14(10)16(20)19-9-11-2-4-12(5-3-11)15(18)21/h2-8H,9H2,1H3,(H2,18,21)(H,19,20). The lowest BCUT2D eigenvalue weighted by atomic mass is 10.1. The van der Waals surface area contributed by atoms with Gasteiger partial charge in [0.1, 0.15) is 4.99 Å². The van der Waals surface area contributed by atoms with E-state index in [1.807, 2.05) is 31.2 Å². The second-order valence-corrected chi connectivity index (χ2v) is 5.58. The lowest BCUT2D eigenvalue weighted by Crippen LogP contribution is -2.23. The number of thiocarbonyl (C=S) groups is 1. The Kier molecular flexibility index (Phi) is 4.94. The molecule has 21 heavy (non-hydrogen) atoms. The molecular weight excluding hydrogens is 304 g/mol. The summed E-state index contributed by atoms with van der Waals surface area (Å²) in [5, 5.41) is 3.50. The van der Waals surface area contributed by atoms with Gasteiger partial charge < -0.3 is 11.1 Å². The first-order valence-electron chi connectivity index (χ1n) is 6.40. The van der Waals surface area contributed by atoms with Gasteiger partial charge in [-0.25, -0.2) is 0 Å². The molecule has 3 nitrogen and oxygen atoms in total. The molecule has 0 aliphatic rings. The highest BCUT2D eigenvalue weighted by Gasteiger charge is 2.08. The van der Waals surface area contributed by atoms with Crippen molar-refractivity contribution in [3.8, 4) is 0 Å². The van der Waals surface area contributed by atoms with Gasteiger partial charge in [0.2, 0.25) is 0 Å². The highest BCUT2D eigenvalue weighted by molar-refractivity contribution is 7.80. The maximum atomic E-state index is 12.1. The Morgan fingerprint density at radius 2 is 1.90 bits per heavy atom. The summed E-state index contributed by atoms with van der Waals surface area (Å²) in [5.74, 6) is -0.123. The minimum atomic E-state index is -0.123. The topological polar surface area (TPSA) is 55.1 Å². The van der Waals surface area contributed by atoms with Crippen molar-refractivity contribution in [2.24, 2.45) is 5.73 Å². The van der Waals surface area contributed by atoms with Crippen LogP contribution in [-0.4, -0.2) is 10.9 Å². The van der Waals surface area contributed by atoms with Gasteiger partial charge in [0.25, 0.3) is 5.91 Å². The number of nitrogens with two attached hydrogens (primary N) is 1. The van der Waals surface area contributed by atoms with Crippen LogP contribution in [-0.2, 0) is 6.54 Å². The molecule has 108 valence electrons. The van der Waals surface area contributed by atoms with Crippen LogP contribution in [0.1, 0.15) is 27.0 Å². The number of benzene rings is 2. The Morgan fingerprint density at radius 3 is 2.48 bits per heavy atom. The third kappa shape index (κ3) is 4.03. The SMILES string of the molecule is Cc1cc(Cl)ccc1C(=O)NCc1ccc(C(N)=S)cc1. The Bertz CT molecular complexity index is 683. The Morgan fingerprint density at radius 1 is 1.24 bits per heavy atom. The first kappa shape index (κ1) is 15.5. The van der Waals surface area contributed by atoms with E-state index >= 15 is 0 Å². The van der Waals surface area contributed by atoms with Gasteiger partial charge >= 0.3 is 0 Å². The molecule has 0 fully saturated rings. The van der Waals surface area contributed by atoms with Gasteiger partial charge in [-0.1, -0.05) is 48.1 Å². The monoisotopic (exact) mass is 318 g/mol. The van der Waals surface area contributed by atoms with Crippen LogP contribution in [0.2, 0.25) is 5.02 Å². The fraction of sp³-hybridized carbons (Fsp3) is 0.125. The van der Waals surface area contributed by atoms with Crippen LogP contribution in [0.3, 0.4) is 0 Å². The van der Waals surface area contributed by atoms with Crippen molar-refractivity contribution in [3.05, 3.63) is 69.7 Å². The first-order valence-corrected chi connectivity index (χ1v) is 7.19. The Hall–Kier alpha value is -1.91. The van der Waals surface area contributed by atoms with Crippen LogP contribution >= 0.6 is 23.8 Å². The molecule has 3 N–H and O–H groups in total. The molecule has 0 saturated heterocycles. The van der Waals surface area contributed by atoms with Crippen LogP contribution in [0.4, 0.5) is 0 Å². The summed E-state index contributed by atoms with van der Waals surface area (Å²) >= 11 is 10.8. The predicted molar refractivity (Wildman–Crippen MR) is 89.7 cm³/mol. The average molecular weight is 319 g/mol. The molecule has 0 aliphatic carbocycles. The van der Waals surface area contributed by atoms with Gasteiger partial charge in [-0.05, 0) is 36.2 Å². The first-order chi connectivity index (χ1) is 9.97. The zero-order chi connectivity index (χ0) is 15.4. The van der Waals surface area contributed by atoms with E-state index in [0.717, 1.165) is 16.7 Å². The van der Waals surface area contributed by atoms with E-state index in [0.29, 0.717) is 22.1 Å². The number of amides is 1. The fourth-order valence-corrected chi connectivity index (χ4v) is 2.31. The van der Waals surface area contributed by atoms with Gasteiger partial charge in [-0.3, -0.25) is 4.79 Å². The van der Waals surface area contributed by atoms with Crippen LogP contribution in [0.15, 0.2) is 42.5 Å². The summed E-state index contributed by atoms with van der Waals surface area (Å²) in [7, 11) is 0. The number of hydrogen-bond donors (Lipinski definition) is 2. The third-order valence-electron chi connectivity index (χ3n) is 3.12. The molecule has 0 unspecified atom stereocenters. The molecule has 0 atom stereocenters. The Labute approximate surface area is 134 Å². The maximum Gasteiger partial charge on any atom is 0.251 e. The molecule has 0 aromatic heterocycles. The molecule has 5 heteroatoms. The highest BCUT2D eigenvalue weighted by Crippen LogP contribution is 2.15. The second-order valence-electron chi connectivity index (χ2n) is 4.70. The largest absolute Gasteiger partial charge is 0.389 e. The zero-order valence-corrected chi connectivity index (χ0v) is 13.1. The molecule has 2 aromatic rings. The summed E-state index contributed by atoms with van der Waals surface area (Å²) in [6, 6.07) is 12.7. The Balaban J connectivity index is 2.02. The quantitative estimate of drug-likeness (QED) is 0.851. The van der Waals surface area contributed by atoms with Crippen molar-refractivity contribution in [1.82, 2.24) is 5.32 Å². The number of nitrogens with one attached hydrogen (secondary N) is 1. The number of hydrogen-bond acceptors (Lipinski definition) is 2. The van der Waals surface area contributed by atoms with Crippen LogP contribution in [0.5, 0.6) is 0 Å². The van der Waals surface area contributed by atoms with Crippen LogP contribution in [0.25, 0.3) is 0 Å². The van der Waals surface area contributed by atoms with E-state index in [9.17, 15) is 4.79 Å². The summed E-state index contributed by atoms with van der Waals surface area (Å²) in [6.07, 6.45) is 0. The van der Waals surface area contributed by atoms with Crippen LogP contribution < -0.4 is 11.1 Å². The number of aryl methyl sites for hydroxylation is 1. The van der Waals surface area contributed by atoms with E-state index in [1.165, 1.54) is 0 Å². The maximum absolute atomic E-state index is 12.1. The number of rotatable bonds is 4. The predicted octanol–water partition coefficient (Wildman–Crippen LogP) is 3.21. The van der Waals surface area contributed by atoms with Gasteiger partial charge in [0.05, 0.1) is 0 Å². The summed E-state index contributed by atoms with van der Waals surface area (Å²) < 4.78 is 0. The average Bonchev–Trinajstić information content (AvgIpc) is 2.45. The molecule has 0 aliphatic heterocycles. The van der Waals surface area contributed by atoms with Crippen molar-refractivity contribution in [1.29, 1.82) is 0 Å². The van der Waals surface area contributed by atoms with E-state index in [1.54, 1.807) is 18.2 Å². The summed E-state index contributed by atoms with van der Waals surface area (Å²) in [4.78, 5) is 12.5. The van der Waals surface area contributed by atoms with Crippen LogP contribution in [0, 0.1) is 6.92 Å².